The highest BCUT2D eigenvalue weighted by atomic mass is 32.2. The summed E-state index contributed by atoms with van der Waals surface area (Å²) >= 11 is 0. The number of Topliss-reactive ketones (excluding diaryl/α,β-unsaturated/α-hetero) is 1. The number of aromatic nitrogens is 1. The van der Waals surface area contributed by atoms with Crippen molar-refractivity contribution in [3.63, 3.8) is 0 Å². The first-order valence-electron chi connectivity index (χ1n) is 9.80. The predicted molar refractivity (Wildman–Crippen MR) is 110 cm³/mol. The summed E-state index contributed by atoms with van der Waals surface area (Å²) in [5.74, 6) is -0.422. The van der Waals surface area contributed by atoms with Crippen molar-refractivity contribution in [1.29, 1.82) is 0 Å². The fourth-order valence-corrected chi connectivity index (χ4v) is 5.13. The van der Waals surface area contributed by atoms with Crippen molar-refractivity contribution in [3.05, 3.63) is 58.6 Å². The van der Waals surface area contributed by atoms with Crippen molar-refractivity contribution in [2.75, 3.05) is 19.7 Å². The Morgan fingerprint density at radius 2 is 1.90 bits per heavy atom. The van der Waals surface area contributed by atoms with Crippen LogP contribution < -0.4 is 10.5 Å². The molecule has 1 aliphatic heterocycles. The fraction of sp³-hybridized carbons (Fsp3) is 0.333. The summed E-state index contributed by atoms with van der Waals surface area (Å²) in [4.78, 5) is 25.1. The minimum Gasteiger partial charge on any atom is -0.494 e. The van der Waals surface area contributed by atoms with Gasteiger partial charge in [-0.15, -0.1) is 0 Å². The average Bonchev–Trinajstić information content (AvgIpc) is 3.37. The Morgan fingerprint density at radius 3 is 2.63 bits per heavy atom. The van der Waals surface area contributed by atoms with Crippen LogP contribution in [0.2, 0.25) is 0 Å². The molecule has 2 aromatic carbocycles. The number of ketones is 1. The van der Waals surface area contributed by atoms with Gasteiger partial charge in [0.2, 0.25) is 10.0 Å². The Bertz CT molecular complexity index is 1250. The van der Waals surface area contributed by atoms with Crippen LogP contribution in [-0.4, -0.2) is 42.8 Å². The monoisotopic (exact) mass is 430 g/mol. The third kappa shape index (κ3) is 3.78. The summed E-state index contributed by atoms with van der Waals surface area (Å²) in [5, 5.41) is 0. The molecular weight excluding hydrogens is 408 g/mol. The van der Waals surface area contributed by atoms with Crippen LogP contribution in [0.4, 0.5) is 0 Å². The van der Waals surface area contributed by atoms with E-state index in [-0.39, 0.29) is 22.8 Å². The number of oxazole rings is 1. The molecule has 1 aliphatic rings. The molecule has 0 saturated carbocycles. The topological polar surface area (TPSA) is 98.8 Å². The normalized spacial score (nSPS) is 15.0. The molecule has 9 heteroatoms. The molecule has 0 bridgehead atoms. The van der Waals surface area contributed by atoms with Crippen LogP contribution in [0.5, 0.6) is 5.75 Å². The van der Waals surface area contributed by atoms with Gasteiger partial charge in [-0.25, -0.2) is 13.2 Å². The van der Waals surface area contributed by atoms with Crippen molar-refractivity contribution >= 4 is 26.9 Å². The highest BCUT2D eigenvalue weighted by Crippen LogP contribution is 2.24. The Labute approximate surface area is 173 Å². The third-order valence-electron chi connectivity index (χ3n) is 5.11. The highest BCUT2D eigenvalue weighted by Gasteiger charge is 2.28. The lowest BCUT2D eigenvalue weighted by Crippen LogP contribution is -2.27. The minimum atomic E-state index is -3.63. The Balaban J connectivity index is 1.64. The van der Waals surface area contributed by atoms with Gasteiger partial charge in [0.1, 0.15) is 5.75 Å². The van der Waals surface area contributed by atoms with E-state index in [4.69, 9.17) is 9.15 Å². The molecular formula is C21H22N2O6S. The molecule has 1 fully saturated rings. The number of benzene rings is 2. The maximum atomic E-state index is 12.8. The molecule has 8 nitrogen and oxygen atoms in total. The van der Waals surface area contributed by atoms with Gasteiger partial charge >= 0.3 is 5.76 Å². The summed E-state index contributed by atoms with van der Waals surface area (Å²) in [6.45, 7) is 3.08. The van der Waals surface area contributed by atoms with Gasteiger partial charge < -0.3 is 9.15 Å². The van der Waals surface area contributed by atoms with E-state index in [0.29, 0.717) is 36.5 Å². The number of fused-ring (bicyclic) bond motifs is 1. The summed E-state index contributed by atoms with van der Waals surface area (Å²) in [5.41, 5.74) is 0.918. The van der Waals surface area contributed by atoms with Gasteiger partial charge in [0.25, 0.3) is 0 Å². The first kappa shape index (κ1) is 20.4. The van der Waals surface area contributed by atoms with E-state index in [1.165, 1.54) is 27.1 Å². The van der Waals surface area contributed by atoms with E-state index in [1.54, 1.807) is 24.3 Å². The van der Waals surface area contributed by atoms with E-state index < -0.39 is 15.8 Å². The first-order valence-corrected chi connectivity index (χ1v) is 11.2. The molecule has 1 saturated heterocycles. The third-order valence-corrected chi connectivity index (χ3v) is 7.01. The predicted octanol–water partition coefficient (Wildman–Crippen LogP) is 2.66. The molecule has 0 spiro atoms. The Kier molecular flexibility index (Phi) is 5.48. The summed E-state index contributed by atoms with van der Waals surface area (Å²) in [7, 11) is -3.63. The standard InChI is InChI=1S/C21H22N2O6S/c1-2-28-16-7-5-6-15(12-16)19(24)14-23-18-9-8-17(13-20(18)29-21(23)25)30(26,27)22-10-3-4-11-22/h5-9,12-13H,2-4,10-11,14H2,1H3. The number of carbonyl (C=O) groups excluding carboxylic acids is 1. The van der Waals surface area contributed by atoms with Crippen molar-refractivity contribution in [1.82, 2.24) is 8.87 Å². The van der Waals surface area contributed by atoms with E-state index in [9.17, 15) is 18.0 Å². The van der Waals surface area contributed by atoms with Crippen LogP contribution in [0.1, 0.15) is 30.1 Å². The molecule has 0 amide bonds. The number of ether oxygens (including phenoxy) is 1. The molecule has 30 heavy (non-hydrogen) atoms. The molecule has 0 atom stereocenters. The smallest absolute Gasteiger partial charge is 0.420 e. The van der Waals surface area contributed by atoms with Crippen LogP contribution in [0.25, 0.3) is 11.1 Å². The van der Waals surface area contributed by atoms with Crippen LogP contribution >= 0.6 is 0 Å². The second-order valence-electron chi connectivity index (χ2n) is 7.08. The van der Waals surface area contributed by atoms with Gasteiger partial charge in [0, 0.05) is 24.7 Å². The number of carbonyl (C=O) groups is 1. The van der Waals surface area contributed by atoms with Crippen LogP contribution in [-0.2, 0) is 16.6 Å². The van der Waals surface area contributed by atoms with Crippen LogP contribution in [0.15, 0.2) is 56.6 Å². The van der Waals surface area contributed by atoms with Crippen molar-refractivity contribution in [2.24, 2.45) is 0 Å². The van der Waals surface area contributed by atoms with Gasteiger partial charge in [0.15, 0.2) is 11.4 Å². The zero-order valence-corrected chi connectivity index (χ0v) is 17.4. The Hall–Kier alpha value is -2.91. The minimum absolute atomic E-state index is 0.0774. The van der Waals surface area contributed by atoms with E-state index in [1.807, 2.05) is 6.92 Å². The van der Waals surface area contributed by atoms with Gasteiger partial charge in [0.05, 0.1) is 23.6 Å². The maximum Gasteiger partial charge on any atom is 0.420 e. The zero-order valence-electron chi connectivity index (χ0n) is 16.5. The van der Waals surface area contributed by atoms with Crippen molar-refractivity contribution in [3.8, 4) is 5.75 Å². The lowest BCUT2D eigenvalue weighted by Gasteiger charge is -2.15. The molecule has 0 N–H and O–H groups in total. The lowest BCUT2D eigenvalue weighted by molar-refractivity contribution is 0.0970. The largest absolute Gasteiger partial charge is 0.494 e. The Morgan fingerprint density at radius 1 is 1.13 bits per heavy atom. The van der Waals surface area contributed by atoms with Crippen LogP contribution in [0.3, 0.4) is 0 Å². The van der Waals surface area contributed by atoms with E-state index in [0.717, 1.165) is 12.8 Å². The van der Waals surface area contributed by atoms with Crippen LogP contribution in [0, 0.1) is 0 Å². The molecule has 0 aliphatic carbocycles. The number of rotatable bonds is 7. The SMILES string of the molecule is CCOc1cccc(C(=O)Cn2c(=O)oc3cc(S(=O)(=O)N4CCCC4)ccc32)c1. The van der Waals surface area contributed by atoms with Crippen molar-refractivity contribution < 1.29 is 22.4 Å². The number of hydrogen-bond donors (Lipinski definition) is 0. The number of sulfonamides is 1. The fourth-order valence-electron chi connectivity index (χ4n) is 3.60. The molecule has 0 unspecified atom stereocenters. The van der Waals surface area contributed by atoms with Gasteiger partial charge in [-0.1, -0.05) is 12.1 Å². The summed E-state index contributed by atoms with van der Waals surface area (Å²) in [6.07, 6.45) is 1.67. The highest BCUT2D eigenvalue weighted by molar-refractivity contribution is 7.89. The lowest BCUT2D eigenvalue weighted by atomic mass is 10.1. The maximum absolute atomic E-state index is 12.8. The summed E-state index contributed by atoms with van der Waals surface area (Å²) < 4.78 is 38.8. The molecule has 0 radical (unpaired) electrons. The zero-order chi connectivity index (χ0) is 21.3. The van der Waals surface area contributed by atoms with Gasteiger partial charge in [-0.3, -0.25) is 9.36 Å². The first-order chi connectivity index (χ1) is 14.4. The van der Waals surface area contributed by atoms with Crippen molar-refractivity contribution in [2.45, 2.75) is 31.2 Å². The second-order valence-corrected chi connectivity index (χ2v) is 9.02. The van der Waals surface area contributed by atoms with Gasteiger partial charge in [-0.05, 0) is 44.0 Å². The average molecular weight is 430 g/mol. The summed E-state index contributed by atoms with van der Waals surface area (Å²) in [6, 6.07) is 11.0. The molecule has 158 valence electrons. The molecule has 2 heterocycles. The molecule has 4 rings (SSSR count). The quantitative estimate of drug-likeness (QED) is 0.535. The van der Waals surface area contributed by atoms with E-state index in [2.05, 4.69) is 0 Å². The van der Waals surface area contributed by atoms with Gasteiger partial charge in [-0.2, -0.15) is 4.31 Å². The number of hydrogen-bond acceptors (Lipinski definition) is 6. The van der Waals surface area contributed by atoms with E-state index >= 15 is 0 Å². The molecule has 3 aromatic rings. The second kappa shape index (κ2) is 8.08. The number of nitrogens with zero attached hydrogens (tertiary/aromatic N) is 2. The molecule has 1 aromatic heterocycles.